The zero-order valence-corrected chi connectivity index (χ0v) is 7.66. The van der Waals surface area contributed by atoms with E-state index in [0.717, 1.165) is 0 Å². The molecule has 0 rings (SSSR count). The van der Waals surface area contributed by atoms with Crippen LogP contribution in [0.4, 0.5) is 0 Å². The summed E-state index contributed by atoms with van der Waals surface area (Å²) in [6.07, 6.45) is 0. The standard InChI is InChI=1S/2ClH.5H2O.Pt.2H/h2*1H;5*1H2;;;/q;;;;;;;+2;;/p-2. The van der Waals surface area contributed by atoms with E-state index in [0.29, 0.717) is 0 Å². The molecule has 0 bridgehead atoms. The van der Waals surface area contributed by atoms with Gasteiger partial charge in [-0.15, -0.1) is 0 Å². The molecule has 66 valence electrons. The van der Waals surface area contributed by atoms with E-state index in [9.17, 15) is 0 Å². The van der Waals surface area contributed by atoms with Gasteiger partial charge in [-0.2, -0.15) is 0 Å². The van der Waals surface area contributed by atoms with Gasteiger partial charge in [0.25, 0.3) is 0 Å². The van der Waals surface area contributed by atoms with E-state index < -0.39 is 16.5 Å². The quantitative estimate of drug-likeness (QED) is 0.425. The molecule has 8 heteroatoms. The van der Waals surface area contributed by atoms with Gasteiger partial charge in [-0.05, 0) is 0 Å². The van der Waals surface area contributed by atoms with Gasteiger partial charge in [0, 0.05) is 0 Å². The number of hydrogen-bond donors (Lipinski definition) is 0. The third-order valence-electron chi connectivity index (χ3n) is 0. The van der Waals surface area contributed by atoms with Gasteiger partial charge >= 0.3 is 35.3 Å². The fourth-order valence-electron chi connectivity index (χ4n) is 0. The van der Waals surface area contributed by atoms with Crippen LogP contribution < -0.4 is 0 Å². The van der Waals surface area contributed by atoms with E-state index >= 15 is 0 Å². The van der Waals surface area contributed by atoms with Crippen LogP contribution in [-0.2, 0) is 16.5 Å². The molecule has 0 saturated heterocycles. The summed E-state index contributed by atoms with van der Waals surface area (Å²) in [6.45, 7) is 0. The third-order valence-corrected chi connectivity index (χ3v) is 0. The van der Waals surface area contributed by atoms with Crippen LogP contribution in [0.1, 0.15) is 0 Å². The van der Waals surface area contributed by atoms with Crippen molar-refractivity contribution in [1.29, 1.82) is 0 Å². The molecule has 0 aromatic rings. The Labute approximate surface area is 62.9 Å². The Balaban J connectivity index is -0.00000000200. The first-order valence-corrected chi connectivity index (χ1v) is 6.56. The maximum atomic E-state index is 4.90. The molecule has 0 aliphatic carbocycles. The van der Waals surface area contributed by atoms with Gasteiger partial charge in [0.2, 0.25) is 0 Å². The van der Waals surface area contributed by atoms with Crippen LogP contribution in [0.5, 0.6) is 0 Å². The monoisotopic (exact) mass is 357 g/mol. The van der Waals surface area contributed by atoms with E-state index in [1.54, 1.807) is 0 Å². The Kier molecular flexibility index (Phi) is 739. The normalized spacial score (nSPS) is 2.75. The molecule has 0 radical (unpaired) electrons. The van der Waals surface area contributed by atoms with Crippen molar-refractivity contribution in [3.63, 3.8) is 0 Å². The molecule has 0 aromatic heterocycles. The summed E-state index contributed by atoms with van der Waals surface area (Å²) in [4.78, 5) is 0. The minimum atomic E-state index is -0.639. The molecule has 5 nitrogen and oxygen atoms in total. The Bertz CT molecular complexity index is 10.4. The molecule has 0 amide bonds. The molecule has 0 atom stereocenters. The fraction of sp³-hybridized carbons (Fsp3) is 0. The van der Waals surface area contributed by atoms with Crippen molar-refractivity contribution in [2.75, 3.05) is 0 Å². The topological polar surface area (TPSA) is 158 Å². The van der Waals surface area contributed by atoms with Gasteiger partial charge in [0.1, 0.15) is 0 Å². The molecule has 0 aliphatic rings. The summed E-state index contributed by atoms with van der Waals surface area (Å²) < 4.78 is 0. The van der Waals surface area contributed by atoms with Crippen molar-refractivity contribution in [3.8, 4) is 0 Å². The van der Waals surface area contributed by atoms with E-state index in [1.807, 2.05) is 0 Å². The van der Waals surface area contributed by atoms with Crippen LogP contribution in [0, 0.1) is 0 Å². The summed E-state index contributed by atoms with van der Waals surface area (Å²) >= 11 is -0.639. The zero-order valence-electron chi connectivity index (χ0n) is 3.61. The molecule has 0 saturated carbocycles. The van der Waals surface area contributed by atoms with Gasteiger partial charge in [0.05, 0.1) is 0 Å². The second kappa shape index (κ2) is 94.2. The SMILES string of the molecule is O.O.O.O.O.[Cl][PtH2][Cl]. The van der Waals surface area contributed by atoms with Crippen LogP contribution in [0.2, 0.25) is 0 Å². The zero-order chi connectivity index (χ0) is 2.71. The fourth-order valence-corrected chi connectivity index (χ4v) is 0. The molecule has 10 N–H and O–H groups in total. The van der Waals surface area contributed by atoms with Crippen molar-refractivity contribution in [1.82, 2.24) is 0 Å². The molecular weight excluding hydrogens is 346 g/mol. The second-order valence-electron chi connectivity index (χ2n) is 0.0505. The van der Waals surface area contributed by atoms with Crippen LogP contribution in [0.3, 0.4) is 0 Å². The average Bonchev–Trinajstić information content (AvgIpc) is 0.918. The average molecular weight is 358 g/mol. The summed E-state index contributed by atoms with van der Waals surface area (Å²) in [6, 6.07) is 0. The van der Waals surface area contributed by atoms with Crippen molar-refractivity contribution >= 4 is 18.8 Å². The van der Waals surface area contributed by atoms with Crippen LogP contribution in [0.25, 0.3) is 0 Å². The first-order valence-electron chi connectivity index (χ1n) is 0.267. The Morgan fingerprint density at radius 1 is 0.625 bits per heavy atom. The Morgan fingerprint density at radius 2 is 0.625 bits per heavy atom. The first kappa shape index (κ1) is 62.7. The minimum absolute atomic E-state index is 0. The van der Waals surface area contributed by atoms with Gasteiger partial charge < -0.3 is 27.4 Å². The van der Waals surface area contributed by atoms with Crippen molar-refractivity contribution in [2.24, 2.45) is 0 Å². The predicted octanol–water partition coefficient (Wildman–Crippen LogP) is -3.28. The van der Waals surface area contributed by atoms with E-state index in [4.69, 9.17) is 18.8 Å². The van der Waals surface area contributed by atoms with E-state index in [2.05, 4.69) is 0 Å². The second-order valence-corrected chi connectivity index (χ2v) is 3.72. The number of hydrogen-bond acceptors (Lipinski definition) is 0. The van der Waals surface area contributed by atoms with Crippen LogP contribution in [-0.4, -0.2) is 27.4 Å². The first-order chi connectivity index (χ1) is 1.41. The molecular formula is H12Cl2O5Pt. The van der Waals surface area contributed by atoms with Crippen molar-refractivity contribution < 1.29 is 43.9 Å². The van der Waals surface area contributed by atoms with Gasteiger partial charge in [0.15, 0.2) is 0 Å². The molecule has 0 heterocycles. The Hall–Kier alpha value is 1.07. The van der Waals surface area contributed by atoms with Crippen LogP contribution >= 0.6 is 18.8 Å². The Morgan fingerprint density at radius 3 is 0.625 bits per heavy atom. The molecule has 8 heavy (non-hydrogen) atoms. The van der Waals surface area contributed by atoms with Gasteiger partial charge in [-0.25, -0.2) is 0 Å². The summed E-state index contributed by atoms with van der Waals surface area (Å²) in [7, 11) is 9.81. The van der Waals surface area contributed by atoms with Crippen molar-refractivity contribution in [2.45, 2.75) is 0 Å². The number of halogens is 2. The van der Waals surface area contributed by atoms with E-state index in [1.165, 1.54) is 0 Å². The van der Waals surface area contributed by atoms with Gasteiger partial charge in [-0.3, -0.25) is 0 Å². The molecule has 0 fully saturated rings. The van der Waals surface area contributed by atoms with Gasteiger partial charge in [-0.1, -0.05) is 0 Å². The predicted molar refractivity (Wildman–Crippen MR) is 32.6 cm³/mol. The molecule has 0 aliphatic heterocycles. The third kappa shape index (κ3) is 228. The van der Waals surface area contributed by atoms with Crippen LogP contribution in [0.15, 0.2) is 0 Å². The maximum absolute atomic E-state index is 4.90. The molecule has 0 spiro atoms. The molecule has 0 aromatic carbocycles. The van der Waals surface area contributed by atoms with Crippen molar-refractivity contribution in [3.05, 3.63) is 0 Å². The summed E-state index contributed by atoms with van der Waals surface area (Å²) in [5.41, 5.74) is 0. The summed E-state index contributed by atoms with van der Waals surface area (Å²) in [5.74, 6) is 0. The molecule has 0 unspecified atom stereocenters. The summed E-state index contributed by atoms with van der Waals surface area (Å²) in [5, 5.41) is 0. The number of rotatable bonds is 0. The van der Waals surface area contributed by atoms with E-state index in [-0.39, 0.29) is 27.4 Å².